The van der Waals surface area contributed by atoms with Crippen LogP contribution < -0.4 is 10.6 Å². The zero-order valence-electron chi connectivity index (χ0n) is 24.1. The quantitative estimate of drug-likeness (QED) is 0.189. The molecule has 1 aliphatic heterocycles. The van der Waals surface area contributed by atoms with E-state index in [-0.39, 0.29) is 35.6 Å². The van der Waals surface area contributed by atoms with E-state index in [1.165, 1.54) is 6.20 Å². The number of alkyl halides is 4. The summed E-state index contributed by atoms with van der Waals surface area (Å²) in [4.78, 5) is 30.8. The number of halogens is 6. The van der Waals surface area contributed by atoms with Crippen molar-refractivity contribution < 1.29 is 35.9 Å². The summed E-state index contributed by atoms with van der Waals surface area (Å²) in [6.07, 6.45) is -1.80. The van der Waals surface area contributed by atoms with Crippen LogP contribution in [0.5, 0.6) is 0 Å². The average Bonchev–Trinajstić information content (AvgIpc) is 3.25. The lowest BCUT2D eigenvalue weighted by Gasteiger charge is -2.23. The maximum Gasteiger partial charge on any atom is 0.293 e. The zero-order valence-corrected chi connectivity index (χ0v) is 24.1. The molecule has 0 radical (unpaired) electrons. The molecule has 3 N–H and O–H groups in total. The third kappa shape index (κ3) is 4.82. The number of carbonyl (C=O) groups excluding carboxylic acids is 2. The fourth-order valence-electron chi connectivity index (χ4n) is 6.90. The molecule has 1 fully saturated rings. The first kappa shape index (κ1) is 29.2. The van der Waals surface area contributed by atoms with Gasteiger partial charge in [-0.2, -0.15) is 19.0 Å². The minimum Gasteiger partial charge on any atom is -0.348 e. The molecule has 1 saturated carbocycles. The lowest BCUT2D eigenvalue weighted by Crippen LogP contribution is -2.35. The van der Waals surface area contributed by atoms with Crippen molar-refractivity contribution in [1.82, 2.24) is 35.6 Å². The normalized spacial score (nSPS) is 19.4. The van der Waals surface area contributed by atoms with E-state index in [2.05, 4.69) is 25.9 Å². The summed E-state index contributed by atoms with van der Waals surface area (Å²) < 4.78 is 87.2. The molecule has 240 valence electrons. The van der Waals surface area contributed by atoms with Crippen LogP contribution in [0.4, 0.5) is 26.3 Å². The van der Waals surface area contributed by atoms with Crippen LogP contribution in [0.1, 0.15) is 68.9 Å². The van der Waals surface area contributed by atoms with Gasteiger partial charge in [-0.1, -0.05) is 12.1 Å². The maximum absolute atomic E-state index is 15.2. The van der Waals surface area contributed by atoms with Crippen molar-refractivity contribution in [1.29, 1.82) is 0 Å². The van der Waals surface area contributed by atoms with Gasteiger partial charge in [0.15, 0.2) is 0 Å². The SMILES string of the molecule is O=C(Cn1nc(C(F)F)c2c1C(F)(F)C1CC21)NC(Cc1cc(F)cc(F)c1)c1nc2cn[nH]c2cc1-c1ccc2c(c1)C(=O)NC2. The Labute approximate surface area is 261 Å². The molecule has 47 heavy (non-hydrogen) atoms. The Morgan fingerprint density at radius 2 is 1.85 bits per heavy atom. The number of benzene rings is 2. The molecule has 4 heterocycles. The molecule has 3 unspecified atom stereocenters. The van der Waals surface area contributed by atoms with Crippen LogP contribution in [0.2, 0.25) is 0 Å². The fraction of sp³-hybridized carbons (Fsp3) is 0.281. The Morgan fingerprint density at radius 3 is 2.62 bits per heavy atom. The second-order valence-electron chi connectivity index (χ2n) is 12.1. The van der Waals surface area contributed by atoms with Crippen LogP contribution in [-0.4, -0.2) is 36.8 Å². The van der Waals surface area contributed by atoms with Crippen LogP contribution in [-0.2, 0) is 30.2 Å². The third-order valence-electron chi connectivity index (χ3n) is 9.05. The number of aromatic amines is 1. The van der Waals surface area contributed by atoms with Gasteiger partial charge in [0.1, 0.15) is 35.1 Å². The van der Waals surface area contributed by atoms with Gasteiger partial charge < -0.3 is 10.6 Å². The first-order chi connectivity index (χ1) is 22.5. The molecule has 2 aliphatic carbocycles. The molecule has 3 aliphatic rings. The first-order valence-electron chi connectivity index (χ1n) is 14.7. The Morgan fingerprint density at radius 1 is 1.06 bits per heavy atom. The van der Waals surface area contributed by atoms with E-state index < -0.39 is 65.7 Å². The van der Waals surface area contributed by atoms with E-state index in [0.29, 0.717) is 45.0 Å². The lowest BCUT2D eigenvalue weighted by atomic mass is 9.93. The highest BCUT2D eigenvalue weighted by molar-refractivity contribution is 5.99. The number of hydrogen-bond donors (Lipinski definition) is 3. The number of aromatic nitrogens is 5. The van der Waals surface area contributed by atoms with Gasteiger partial charge in [0.2, 0.25) is 5.91 Å². The molecular formula is C32H23F6N7O2. The number of H-pyrrole nitrogens is 1. The number of amides is 2. The van der Waals surface area contributed by atoms with Gasteiger partial charge >= 0.3 is 0 Å². The zero-order chi connectivity index (χ0) is 32.8. The van der Waals surface area contributed by atoms with Gasteiger partial charge in [-0.15, -0.1) is 0 Å². The van der Waals surface area contributed by atoms with Crippen LogP contribution in [0.15, 0.2) is 48.7 Å². The van der Waals surface area contributed by atoms with E-state index in [0.717, 1.165) is 17.7 Å². The van der Waals surface area contributed by atoms with E-state index in [1.807, 2.05) is 0 Å². The molecule has 3 atom stereocenters. The topological polar surface area (TPSA) is 118 Å². The van der Waals surface area contributed by atoms with Crippen molar-refractivity contribution in [2.45, 2.75) is 50.2 Å². The summed E-state index contributed by atoms with van der Waals surface area (Å²) >= 11 is 0. The molecule has 0 saturated heterocycles. The van der Waals surface area contributed by atoms with Crippen molar-refractivity contribution in [2.75, 3.05) is 0 Å². The highest BCUT2D eigenvalue weighted by Crippen LogP contribution is 2.68. The molecule has 2 amide bonds. The summed E-state index contributed by atoms with van der Waals surface area (Å²) in [6.45, 7) is -0.464. The van der Waals surface area contributed by atoms with Gasteiger partial charge in [0.05, 0.1) is 23.4 Å². The van der Waals surface area contributed by atoms with Crippen LogP contribution in [0.25, 0.3) is 22.2 Å². The molecule has 0 bridgehead atoms. The first-order valence-corrected chi connectivity index (χ1v) is 14.7. The Balaban J connectivity index is 1.21. The van der Waals surface area contributed by atoms with Crippen molar-refractivity contribution >= 4 is 22.8 Å². The second kappa shape index (κ2) is 10.4. The number of fused-ring (bicyclic) bond motifs is 5. The van der Waals surface area contributed by atoms with Crippen molar-refractivity contribution in [2.24, 2.45) is 5.92 Å². The van der Waals surface area contributed by atoms with Gasteiger partial charge in [-0.25, -0.2) is 22.5 Å². The summed E-state index contributed by atoms with van der Waals surface area (Å²) in [6, 6.07) is 8.63. The van der Waals surface area contributed by atoms with Crippen molar-refractivity contribution in [3.63, 3.8) is 0 Å². The average molecular weight is 652 g/mol. The summed E-state index contributed by atoms with van der Waals surface area (Å²) in [5, 5.41) is 16.1. The van der Waals surface area contributed by atoms with Gasteiger partial charge in [0, 0.05) is 35.2 Å². The monoisotopic (exact) mass is 651 g/mol. The number of rotatable bonds is 8. The second-order valence-corrected chi connectivity index (χ2v) is 12.1. The predicted molar refractivity (Wildman–Crippen MR) is 153 cm³/mol. The van der Waals surface area contributed by atoms with Crippen LogP contribution >= 0.6 is 0 Å². The largest absolute Gasteiger partial charge is 0.348 e. The minimum absolute atomic E-state index is 0.0686. The number of nitrogens with one attached hydrogen (secondary N) is 3. The molecule has 5 aromatic rings. The van der Waals surface area contributed by atoms with Crippen LogP contribution in [0.3, 0.4) is 0 Å². The molecule has 8 rings (SSSR count). The van der Waals surface area contributed by atoms with E-state index in [1.54, 1.807) is 24.3 Å². The smallest absolute Gasteiger partial charge is 0.293 e. The maximum atomic E-state index is 15.2. The van der Waals surface area contributed by atoms with E-state index in [9.17, 15) is 27.2 Å². The Hall–Kier alpha value is -5.21. The molecule has 2 aromatic carbocycles. The number of pyridine rings is 1. The minimum atomic E-state index is -3.43. The van der Waals surface area contributed by atoms with E-state index >= 15 is 8.78 Å². The third-order valence-corrected chi connectivity index (χ3v) is 9.05. The van der Waals surface area contributed by atoms with Gasteiger partial charge in [-0.05, 0) is 59.7 Å². The number of carbonyl (C=O) groups is 2. The summed E-state index contributed by atoms with van der Waals surface area (Å²) in [5.74, 6) is -8.15. The molecule has 0 spiro atoms. The van der Waals surface area contributed by atoms with Crippen molar-refractivity contribution in [3.05, 3.63) is 99.6 Å². The summed E-state index contributed by atoms with van der Waals surface area (Å²) in [7, 11) is 0. The fourth-order valence-corrected chi connectivity index (χ4v) is 6.90. The summed E-state index contributed by atoms with van der Waals surface area (Å²) in [5.41, 5.74) is 1.81. The van der Waals surface area contributed by atoms with Crippen LogP contribution in [0, 0.1) is 17.6 Å². The van der Waals surface area contributed by atoms with Gasteiger partial charge in [-0.3, -0.25) is 19.4 Å². The molecule has 9 nitrogen and oxygen atoms in total. The van der Waals surface area contributed by atoms with Crippen molar-refractivity contribution in [3.8, 4) is 11.1 Å². The molecular weight excluding hydrogens is 628 g/mol. The lowest BCUT2D eigenvalue weighted by molar-refractivity contribution is -0.123. The highest BCUT2D eigenvalue weighted by atomic mass is 19.3. The Kier molecular flexibility index (Phi) is 6.47. The molecule has 15 heteroatoms. The van der Waals surface area contributed by atoms with E-state index in [4.69, 9.17) is 4.98 Å². The number of hydrogen-bond acceptors (Lipinski definition) is 5. The number of nitrogens with zero attached hydrogens (tertiary/aromatic N) is 4. The highest BCUT2D eigenvalue weighted by Gasteiger charge is 2.67. The Bertz CT molecular complexity index is 2110. The van der Waals surface area contributed by atoms with Gasteiger partial charge in [0.25, 0.3) is 18.3 Å². The predicted octanol–water partition coefficient (Wildman–Crippen LogP) is 5.59. The standard InChI is InChI=1S/C32H23F6N7O2/c33-16-3-13(4-17(34)7-16)5-23(41-25(46)12-45-29-26(28(44-45)30(35)36)20-8-21(20)32(29,37)38)27-18(9-22-24(42-27)11-40-43-22)14-1-2-15-10-39-31(47)19(15)6-14/h1-4,6-7,9,11,20-21,23,30H,5,8,10,12H2,(H,39,47)(H,40,43)(H,41,46). The molecule has 3 aromatic heterocycles.